The highest BCUT2D eigenvalue weighted by Crippen LogP contribution is 2.41. The fourth-order valence-electron chi connectivity index (χ4n) is 3.00. The summed E-state index contributed by atoms with van der Waals surface area (Å²) >= 11 is 4.81. The fourth-order valence-corrected chi connectivity index (χ4v) is 3.16. The first-order valence-electron chi connectivity index (χ1n) is 7.21. The van der Waals surface area contributed by atoms with Gasteiger partial charge in [-0.1, -0.05) is 38.9 Å². The van der Waals surface area contributed by atoms with Gasteiger partial charge >= 0.3 is 0 Å². The highest BCUT2D eigenvalue weighted by Gasteiger charge is 2.37. The van der Waals surface area contributed by atoms with Gasteiger partial charge in [0.25, 0.3) is 0 Å². The molecule has 1 atom stereocenters. The number of rotatable bonds is 3. The molecule has 21 heavy (non-hydrogen) atoms. The molecule has 1 fully saturated rings. The van der Waals surface area contributed by atoms with Crippen LogP contribution in [0.3, 0.4) is 0 Å². The molecule has 2 rings (SSSR count). The van der Waals surface area contributed by atoms with E-state index in [4.69, 9.17) is 18.0 Å². The summed E-state index contributed by atoms with van der Waals surface area (Å²) in [6.07, 6.45) is 4.18. The zero-order chi connectivity index (χ0) is 15.6. The third-order valence-electron chi connectivity index (χ3n) is 4.32. The highest BCUT2D eigenvalue weighted by atomic mass is 32.1. The molecule has 1 aromatic rings. The lowest BCUT2D eigenvalue weighted by Gasteiger charge is -2.37. The average molecular weight is 308 g/mol. The van der Waals surface area contributed by atoms with Crippen molar-refractivity contribution in [2.75, 3.05) is 5.32 Å². The number of hydrogen-bond acceptors (Lipinski definition) is 2. The molecule has 0 radical (unpaired) electrons. The van der Waals surface area contributed by atoms with E-state index in [1.54, 1.807) is 0 Å². The quantitative estimate of drug-likeness (QED) is 0.839. The maximum absolute atomic E-state index is 13.6. The molecule has 0 spiro atoms. The number of amides is 1. The van der Waals surface area contributed by atoms with Crippen molar-refractivity contribution in [2.24, 2.45) is 17.1 Å². The molecular formula is C16H21FN2OS. The zero-order valence-electron chi connectivity index (χ0n) is 12.4. The van der Waals surface area contributed by atoms with Gasteiger partial charge in [-0.3, -0.25) is 4.79 Å². The first kappa shape index (κ1) is 15.9. The molecule has 3 N–H and O–H groups in total. The Bertz CT molecular complexity index is 571. The van der Waals surface area contributed by atoms with Gasteiger partial charge in [0.2, 0.25) is 5.91 Å². The number of carbonyl (C=O) groups excluding carboxylic acids is 1. The van der Waals surface area contributed by atoms with Crippen molar-refractivity contribution < 1.29 is 9.18 Å². The molecule has 1 saturated carbocycles. The van der Waals surface area contributed by atoms with Gasteiger partial charge in [0.1, 0.15) is 10.8 Å². The number of carbonyl (C=O) groups is 1. The molecule has 0 saturated heterocycles. The van der Waals surface area contributed by atoms with Crippen LogP contribution in [0.5, 0.6) is 0 Å². The van der Waals surface area contributed by atoms with Crippen molar-refractivity contribution in [1.29, 1.82) is 0 Å². The van der Waals surface area contributed by atoms with Gasteiger partial charge < -0.3 is 11.1 Å². The minimum atomic E-state index is -0.474. The molecule has 0 bridgehead atoms. The van der Waals surface area contributed by atoms with Gasteiger partial charge in [-0.2, -0.15) is 0 Å². The Hall–Kier alpha value is -1.49. The van der Waals surface area contributed by atoms with E-state index in [-0.39, 0.29) is 27.8 Å². The van der Waals surface area contributed by atoms with Crippen LogP contribution in [0, 0.1) is 17.2 Å². The lowest BCUT2D eigenvalue weighted by atomic mass is 9.68. The van der Waals surface area contributed by atoms with Crippen molar-refractivity contribution in [2.45, 2.75) is 39.5 Å². The lowest BCUT2D eigenvalue weighted by molar-refractivity contribution is -0.124. The lowest BCUT2D eigenvalue weighted by Crippen LogP contribution is -2.37. The summed E-state index contributed by atoms with van der Waals surface area (Å²) < 4.78 is 13.6. The van der Waals surface area contributed by atoms with Gasteiger partial charge in [-0.25, -0.2) is 4.39 Å². The molecule has 1 aromatic carbocycles. The summed E-state index contributed by atoms with van der Waals surface area (Å²) in [7, 11) is 0. The van der Waals surface area contributed by atoms with E-state index in [1.807, 2.05) is 0 Å². The zero-order valence-corrected chi connectivity index (χ0v) is 13.2. The van der Waals surface area contributed by atoms with E-state index in [9.17, 15) is 9.18 Å². The van der Waals surface area contributed by atoms with E-state index in [2.05, 4.69) is 19.2 Å². The SMILES string of the molecule is CC1(C)CCCCC1C(=O)Nc1ccc(F)c(C(N)=S)c1. The van der Waals surface area contributed by atoms with Gasteiger partial charge in [0.05, 0.1) is 0 Å². The Morgan fingerprint density at radius 2 is 2.14 bits per heavy atom. The number of nitrogens with two attached hydrogens (primary N) is 1. The standard InChI is InChI=1S/C16H21FN2OS/c1-16(2)8-4-3-5-12(16)15(20)19-10-6-7-13(17)11(9-10)14(18)21/h6-7,9,12H,3-5,8H2,1-2H3,(H2,18,21)(H,19,20). The molecule has 1 amide bonds. The summed E-state index contributed by atoms with van der Waals surface area (Å²) in [6.45, 7) is 4.25. The Balaban J connectivity index is 2.16. The number of anilines is 1. The fraction of sp³-hybridized carbons (Fsp3) is 0.500. The summed E-state index contributed by atoms with van der Waals surface area (Å²) in [6, 6.07) is 4.30. The van der Waals surface area contributed by atoms with E-state index in [0.717, 1.165) is 19.3 Å². The van der Waals surface area contributed by atoms with Crippen molar-refractivity contribution in [3.05, 3.63) is 29.6 Å². The average Bonchev–Trinajstić information content (AvgIpc) is 2.40. The van der Waals surface area contributed by atoms with Crippen LogP contribution in [-0.4, -0.2) is 10.9 Å². The predicted molar refractivity (Wildman–Crippen MR) is 86.7 cm³/mol. The molecule has 1 aliphatic carbocycles. The summed E-state index contributed by atoms with van der Waals surface area (Å²) in [5, 5.41) is 2.87. The third kappa shape index (κ3) is 3.59. The Morgan fingerprint density at radius 1 is 1.43 bits per heavy atom. The summed E-state index contributed by atoms with van der Waals surface area (Å²) in [5.41, 5.74) is 6.16. The second-order valence-corrected chi connectivity index (χ2v) is 6.77. The molecule has 1 aliphatic rings. The topological polar surface area (TPSA) is 55.1 Å². The van der Waals surface area contributed by atoms with Crippen molar-refractivity contribution in [3.8, 4) is 0 Å². The molecule has 1 unspecified atom stereocenters. The maximum Gasteiger partial charge on any atom is 0.228 e. The van der Waals surface area contributed by atoms with Crippen LogP contribution >= 0.6 is 12.2 Å². The Kier molecular flexibility index (Phi) is 4.61. The number of benzene rings is 1. The van der Waals surface area contributed by atoms with Crippen LogP contribution in [0.2, 0.25) is 0 Å². The molecule has 0 heterocycles. The van der Waals surface area contributed by atoms with Gasteiger partial charge in [-0.05, 0) is 36.5 Å². The van der Waals surface area contributed by atoms with E-state index < -0.39 is 5.82 Å². The van der Waals surface area contributed by atoms with Crippen LogP contribution < -0.4 is 11.1 Å². The van der Waals surface area contributed by atoms with Crippen LogP contribution in [0.15, 0.2) is 18.2 Å². The minimum Gasteiger partial charge on any atom is -0.389 e. The van der Waals surface area contributed by atoms with E-state index >= 15 is 0 Å². The summed E-state index contributed by atoms with van der Waals surface area (Å²) in [5.74, 6) is -0.511. The molecule has 5 heteroatoms. The van der Waals surface area contributed by atoms with Crippen LogP contribution in [0.25, 0.3) is 0 Å². The molecular weight excluding hydrogens is 287 g/mol. The first-order chi connectivity index (χ1) is 9.81. The molecule has 0 aliphatic heterocycles. The van der Waals surface area contributed by atoms with Gasteiger partial charge in [0, 0.05) is 17.2 Å². The second kappa shape index (κ2) is 6.10. The van der Waals surface area contributed by atoms with Crippen molar-refractivity contribution in [1.82, 2.24) is 0 Å². The minimum absolute atomic E-state index is 0.00559. The number of thiocarbonyl (C=S) groups is 1. The van der Waals surface area contributed by atoms with Crippen molar-refractivity contribution in [3.63, 3.8) is 0 Å². The Morgan fingerprint density at radius 3 is 2.76 bits per heavy atom. The van der Waals surface area contributed by atoms with Crippen LogP contribution in [0.4, 0.5) is 10.1 Å². The largest absolute Gasteiger partial charge is 0.389 e. The van der Waals surface area contributed by atoms with Crippen molar-refractivity contribution >= 4 is 28.8 Å². The molecule has 0 aromatic heterocycles. The number of nitrogens with one attached hydrogen (secondary N) is 1. The third-order valence-corrected chi connectivity index (χ3v) is 4.54. The monoisotopic (exact) mass is 308 g/mol. The normalized spacial score (nSPS) is 20.8. The van der Waals surface area contributed by atoms with E-state index in [1.165, 1.54) is 24.6 Å². The second-order valence-electron chi connectivity index (χ2n) is 6.34. The molecule has 3 nitrogen and oxygen atoms in total. The smallest absolute Gasteiger partial charge is 0.228 e. The number of halogens is 1. The van der Waals surface area contributed by atoms with Gasteiger partial charge in [-0.15, -0.1) is 0 Å². The maximum atomic E-state index is 13.6. The highest BCUT2D eigenvalue weighted by molar-refractivity contribution is 7.80. The van der Waals surface area contributed by atoms with Gasteiger partial charge in [0.15, 0.2) is 0 Å². The van der Waals surface area contributed by atoms with E-state index in [0.29, 0.717) is 5.69 Å². The Labute approximate surface area is 130 Å². The predicted octanol–water partition coefficient (Wildman–Crippen LogP) is 3.61. The van der Waals surface area contributed by atoms with Crippen LogP contribution in [0.1, 0.15) is 45.1 Å². The van der Waals surface area contributed by atoms with Crippen LogP contribution in [-0.2, 0) is 4.79 Å². The first-order valence-corrected chi connectivity index (χ1v) is 7.62. The molecule has 114 valence electrons. The summed E-state index contributed by atoms with van der Waals surface area (Å²) in [4.78, 5) is 12.5. The number of hydrogen-bond donors (Lipinski definition) is 2.